The highest BCUT2D eigenvalue weighted by molar-refractivity contribution is 5.83. The summed E-state index contributed by atoms with van der Waals surface area (Å²) in [5.74, 6) is -1.28. The number of carboxylic acid groups (broad SMARTS) is 1. The average Bonchev–Trinajstić information content (AvgIpc) is 2.12. The summed E-state index contributed by atoms with van der Waals surface area (Å²) in [4.78, 5) is 21.5. The van der Waals surface area contributed by atoms with Crippen molar-refractivity contribution in [2.45, 2.75) is 32.7 Å². The molecule has 14 heavy (non-hydrogen) atoms. The molecule has 0 unspecified atom stereocenters. The Labute approximate surface area is 83.4 Å². The van der Waals surface area contributed by atoms with Gasteiger partial charge < -0.3 is 15.2 Å². The second-order valence-electron chi connectivity index (χ2n) is 2.93. The van der Waals surface area contributed by atoms with Gasteiger partial charge in [0, 0.05) is 19.6 Å². The standard InChI is InChI=1S/C9H17NO4/c1-3-14-6-4-5-8(11)10-7(2)9(12)13/h7H,3-6H2,1-2H3,(H,10,11)(H,12,13)/t7-/m0/s1. The molecule has 2 N–H and O–H groups in total. The van der Waals surface area contributed by atoms with Crippen LogP contribution in [-0.2, 0) is 14.3 Å². The Morgan fingerprint density at radius 2 is 2.14 bits per heavy atom. The Morgan fingerprint density at radius 1 is 1.50 bits per heavy atom. The average molecular weight is 203 g/mol. The lowest BCUT2D eigenvalue weighted by Crippen LogP contribution is -2.38. The lowest BCUT2D eigenvalue weighted by atomic mass is 10.2. The molecule has 82 valence electrons. The number of carbonyl (C=O) groups is 2. The van der Waals surface area contributed by atoms with Gasteiger partial charge in [-0.05, 0) is 20.3 Å². The molecule has 0 aliphatic carbocycles. The molecule has 5 heteroatoms. The van der Waals surface area contributed by atoms with E-state index in [1.165, 1.54) is 6.92 Å². The largest absolute Gasteiger partial charge is 0.480 e. The van der Waals surface area contributed by atoms with Crippen molar-refractivity contribution < 1.29 is 19.4 Å². The van der Waals surface area contributed by atoms with Crippen molar-refractivity contribution in [1.29, 1.82) is 0 Å². The highest BCUT2D eigenvalue weighted by Gasteiger charge is 2.12. The van der Waals surface area contributed by atoms with Gasteiger partial charge in [0.05, 0.1) is 0 Å². The van der Waals surface area contributed by atoms with Crippen LogP contribution in [0.15, 0.2) is 0 Å². The summed E-state index contributed by atoms with van der Waals surface area (Å²) < 4.78 is 5.04. The molecule has 0 saturated carbocycles. The van der Waals surface area contributed by atoms with Crippen molar-refractivity contribution in [1.82, 2.24) is 5.32 Å². The van der Waals surface area contributed by atoms with Crippen LogP contribution in [-0.4, -0.2) is 36.2 Å². The zero-order valence-corrected chi connectivity index (χ0v) is 8.58. The van der Waals surface area contributed by atoms with Gasteiger partial charge in [-0.15, -0.1) is 0 Å². The quantitative estimate of drug-likeness (QED) is 0.587. The van der Waals surface area contributed by atoms with E-state index in [1.807, 2.05) is 6.92 Å². The number of hydrogen-bond donors (Lipinski definition) is 2. The normalized spacial score (nSPS) is 12.1. The van der Waals surface area contributed by atoms with Gasteiger partial charge in [-0.3, -0.25) is 9.59 Å². The number of carboxylic acids is 1. The van der Waals surface area contributed by atoms with Gasteiger partial charge in [-0.1, -0.05) is 0 Å². The van der Waals surface area contributed by atoms with Gasteiger partial charge in [0.15, 0.2) is 0 Å². The molecule has 0 heterocycles. The molecule has 0 aromatic carbocycles. The maximum absolute atomic E-state index is 11.1. The maximum atomic E-state index is 11.1. The van der Waals surface area contributed by atoms with Crippen LogP contribution in [0.2, 0.25) is 0 Å². The molecule has 0 radical (unpaired) electrons. The van der Waals surface area contributed by atoms with Crippen molar-refractivity contribution >= 4 is 11.9 Å². The molecule has 1 atom stereocenters. The lowest BCUT2D eigenvalue weighted by Gasteiger charge is -2.08. The van der Waals surface area contributed by atoms with Crippen molar-refractivity contribution in [3.63, 3.8) is 0 Å². The Kier molecular flexibility index (Phi) is 6.74. The second-order valence-corrected chi connectivity index (χ2v) is 2.93. The summed E-state index contributed by atoms with van der Waals surface area (Å²) in [5, 5.41) is 10.9. The first kappa shape index (κ1) is 12.9. The Bertz CT molecular complexity index is 193. The molecule has 0 spiro atoms. The molecule has 0 aromatic heterocycles. The highest BCUT2D eigenvalue weighted by Crippen LogP contribution is 1.92. The maximum Gasteiger partial charge on any atom is 0.325 e. The molecule has 0 saturated heterocycles. The molecule has 0 fully saturated rings. The summed E-state index contributed by atoms with van der Waals surface area (Å²) in [7, 11) is 0. The number of ether oxygens (including phenoxy) is 1. The fraction of sp³-hybridized carbons (Fsp3) is 0.778. The van der Waals surface area contributed by atoms with Crippen LogP contribution < -0.4 is 5.32 Å². The summed E-state index contributed by atoms with van der Waals surface area (Å²) >= 11 is 0. The second kappa shape index (κ2) is 7.32. The molecule has 0 aliphatic rings. The number of aliphatic carboxylic acids is 1. The van der Waals surface area contributed by atoms with Crippen LogP contribution in [0.4, 0.5) is 0 Å². The first-order chi connectivity index (χ1) is 6.57. The van der Waals surface area contributed by atoms with Crippen LogP contribution >= 0.6 is 0 Å². The van der Waals surface area contributed by atoms with Crippen LogP contribution in [0.5, 0.6) is 0 Å². The van der Waals surface area contributed by atoms with Gasteiger partial charge in [0.2, 0.25) is 5.91 Å². The molecular weight excluding hydrogens is 186 g/mol. The highest BCUT2D eigenvalue weighted by atomic mass is 16.5. The van der Waals surface area contributed by atoms with Gasteiger partial charge in [0.25, 0.3) is 0 Å². The number of amides is 1. The van der Waals surface area contributed by atoms with Gasteiger partial charge in [-0.25, -0.2) is 0 Å². The van der Waals surface area contributed by atoms with Crippen molar-refractivity contribution in [2.75, 3.05) is 13.2 Å². The van der Waals surface area contributed by atoms with E-state index in [2.05, 4.69) is 5.32 Å². The SMILES string of the molecule is CCOCCCC(=O)N[C@@H](C)C(=O)O. The van der Waals surface area contributed by atoms with Crippen LogP contribution in [0.25, 0.3) is 0 Å². The Morgan fingerprint density at radius 3 is 2.64 bits per heavy atom. The van der Waals surface area contributed by atoms with E-state index in [9.17, 15) is 9.59 Å². The van der Waals surface area contributed by atoms with E-state index in [0.717, 1.165) is 0 Å². The summed E-state index contributed by atoms with van der Waals surface area (Å²) in [6.07, 6.45) is 0.920. The Balaban J connectivity index is 3.50. The topological polar surface area (TPSA) is 75.6 Å². The van der Waals surface area contributed by atoms with Crippen LogP contribution in [0.1, 0.15) is 26.7 Å². The first-order valence-electron chi connectivity index (χ1n) is 4.67. The Hall–Kier alpha value is -1.10. The summed E-state index contributed by atoms with van der Waals surface area (Å²) in [6, 6.07) is -0.824. The number of hydrogen-bond acceptors (Lipinski definition) is 3. The lowest BCUT2D eigenvalue weighted by molar-refractivity contribution is -0.141. The van der Waals surface area contributed by atoms with Gasteiger partial charge in [0.1, 0.15) is 6.04 Å². The van der Waals surface area contributed by atoms with Crippen LogP contribution in [0, 0.1) is 0 Å². The van der Waals surface area contributed by atoms with E-state index < -0.39 is 12.0 Å². The van der Waals surface area contributed by atoms with Crippen LogP contribution in [0.3, 0.4) is 0 Å². The zero-order valence-electron chi connectivity index (χ0n) is 8.58. The van der Waals surface area contributed by atoms with E-state index in [4.69, 9.17) is 9.84 Å². The molecular formula is C9H17NO4. The molecule has 1 amide bonds. The molecule has 0 aromatic rings. The predicted octanol–water partition coefficient (Wildman–Crippen LogP) is 0.392. The van der Waals surface area contributed by atoms with Crippen molar-refractivity contribution in [3.05, 3.63) is 0 Å². The summed E-state index contributed by atoms with van der Waals surface area (Å²) in [6.45, 7) is 4.48. The molecule has 0 aliphatic heterocycles. The minimum absolute atomic E-state index is 0.250. The molecule has 5 nitrogen and oxygen atoms in total. The monoisotopic (exact) mass is 203 g/mol. The summed E-state index contributed by atoms with van der Waals surface area (Å²) in [5.41, 5.74) is 0. The van der Waals surface area contributed by atoms with Gasteiger partial charge in [-0.2, -0.15) is 0 Å². The molecule has 0 bridgehead atoms. The number of nitrogens with one attached hydrogen (secondary N) is 1. The minimum atomic E-state index is -1.02. The van der Waals surface area contributed by atoms with Crippen molar-refractivity contribution in [3.8, 4) is 0 Å². The predicted molar refractivity (Wildman–Crippen MR) is 51.0 cm³/mol. The zero-order chi connectivity index (χ0) is 11.0. The van der Waals surface area contributed by atoms with Gasteiger partial charge >= 0.3 is 5.97 Å². The smallest absolute Gasteiger partial charge is 0.325 e. The molecule has 0 rings (SSSR count). The third-order valence-corrected chi connectivity index (χ3v) is 1.64. The van der Waals surface area contributed by atoms with E-state index >= 15 is 0 Å². The number of rotatable bonds is 7. The minimum Gasteiger partial charge on any atom is -0.480 e. The van der Waals surface area contributed by atoms with E-state index in [1.54, 1.807) is 0 Å². The third kappa shape index (κ3) is 6.42. The number of carbonyl (C=O) groups excluding carboxylic acids is 1. The van der Waals surface area contributed by atoms with E-state index in [-0.39, 0.29) is 5.91 Å². The fourth-order valence-electron chi connectivity index (χ4n) is 0.855. The third-order valence-electron chi connectivity index (χ3n) is 1.64. The van der Waals surface area contributed by atoms with E-state index in [0.29, 0.717) is 26.1 Å². The van der Waals surface area contributed by atoms with Crippen molar-refractivity contribution in [2.24, 2.45) is 0 Å². The fourth-order valence-corrected chi connectivity index (χ4v) is 0.855. The first-order valence-corrected chi connectivity index (χ1v) is 4.67.